The van der Waals surface area contributed by atoms with Crippen LogP contribution in [0.15, 0.2) is 24.3 Å². The normalized spacial score (nSPS) is 16.7. The molecule has 1 saturated heterocycles. The fourth-order valence-corrected chi connectivity index (χ4v) is 2.83. The lowest BCUT2D eigenvalue weighted by Crippen LogP contribution is -2.57. The predicted molar refractivity (Wildman–Crippen MR) is 87.7 cm³/mol. The molecular weight excluding hydrogens is 292 g/mol. The monoisotopic (exact) mass is 316 g/mol. The second-order valence-electron chi connectivity index (χ2n) is 6.54. The van der Waals surface area contributed by atoms with Crippen molar-refractivity contribution >= 4 is 17.8 Å². The van der Waals surface area contributed by atoms with E-state index < -0.39 is 23.8 Å². The number of urea groups is 1. The molecule has 0 unspecified atom stereocenters. The molecule has 0 N–H and O–H groups in total. The molecule has 1 heterocycles. The molecule has 0 bridgehead atoms. The average molecular weight is 316 g/mol. The van der Waals surface area contributed by atoms with Gasteiger partial charge in [0.1, 0.15) is 5.92 Å². The minimum absolute atomic E-state index is 0.341. The molecule has 23 heavy (non-hydrogen) atoms. The van der Waals surface area contributed by atoms with Crippen molar-refractivity contribution in [3.8, 4) is 0 Å². The molecular formula is C18H24N2O3. The maximum absolute atomic E-state index is 12.3. The Morgan fingerprint density at radius 1 is 0.957 bits per heavy atom. The van der Waals surface area contributed by atoms with E-state index in [1.165, 1.54) is 19.7 Å². The quantitative estimate of drug-likeness (QED) is 0.784. The standard InChI is InChI=1S/C18H24N2O3/c1-12(2)9-10-13-7-5-6-8-14(13)11-15-16(21)19(3)18(23)20(4)17(15)22/h5-8,12,15H,9-11H2,1-4H3. The lowest BCUT2D eigenvalue weighted by atomic mass is 9.90. The SMILES string of the molecule is CC(C)CCc1ccccc1CC1C(=O)N(C)C(=O)N(C)C1=O. The molecule has 1 aromatic rings. The van der Waals surface area contributed by atoms with Gasteiger partial charge in [-0.2, -0.15) is 0 Å². The van der Waals surface area contributed by atoms with Crippen LogP contribution in [0.1, 0.15) is 31.4 Å². The van der Waals surface area contributed by atoms with Crippen molar-refractivity contribution in [1.29, 1.82) is 0 Å². The van der Waals surface area contributed by atoms with Crippen LogP contribution in [-0.2, 0) is 22.4 Å². The van der Waals surface area contributed by atoms with Crippen LogP contribution in [0.2, 0.25) is 0 Å². The third-order valence-corrected chi connectivity index (χ3v) is 4.36. The van der Waals surface area contributed by atoms with Gasteiger partial charge in [-0.05, 0) is 36.3 Å². The zero-order chi connectivity index (χ0) is 17.1. The Kier molecular flexibility index (Phi) is 5.19. The van der Waals surface area contributed by atoms with E-state index in [1.807, 2.05) is 24.3 Å². The summed E-state index contributed by atoms with van der Waals surface area (Å²) in [5.74, 6) is -1.06. The fraction of sp³-hybridized carbons (Fsp3) is 0.500. The van der Waals surface area contributed by atoms with Crippen molar-refractivity contribution in [2.24, 2.45) is 11.8 Å². The molecule has 0 aromatic heterocycles. The van der Waals surface area contributed by atoms with Crippen molar-refractivity contribution in [3.63, 3.8) is 0 Å². The van der Waals surface area contributed by atoms with Gasteiger partial charge in [0.15, 0.2) is 0 Å². The first-order valence-electron chi connectivity index (χ1n) is 7.98. The Bertz CT molecular complexity index is 600. The van der Waals surface area contributed by atoms with Crippen LogP contribution in [0.3, 0.4) is 0 Å². The molecule has 0 atom stereocenters. The van der Waals surface area contributed by atoms with E-state index in [9.17, 15) is 14.4 Å². The van der Waals surface area contributed by atoms with Crippen LogP contribution in [0, 0.1) is 11.8 Å². The summed E-state index contributed by atoms with van der Waals surface area (Å²) in [7, 11) is 2.84. The Hall–Kier alpha value is -2.17. The first-order chi connectivity index (χ1) is 10.8. The van der Waals surface area contributed by atoms with E-state index in [0.717, 1.165) is 28.2 Å². The third kappa shape index (κ3) is 3.60. The highest BCUT2D eigenvalue weighted by molar-refractivity contribution is 6.15. The van der Waals surface area contributed by atoms with Gasteiger partial charge in [-0.15, -0.1) is 0 Å². The van der Waals surface area contributed by atoms with Crippen LogP contribution in [0.4, 0.5) is 4.79 Å². The fourth-order valence-electron chi connectivity index (χ4n) is 2.83. The molecule has 5 nitrogen and oxygen atoms in total. The van der Waals surface area contributed by atoms with E-state index in [-0.39, 0.29) is 0 Å². The summed E-state index contributed by atoms with van der Waals surface area (Å²) >= 11 is 0. The summed E-state index contributed by atoms with van der Waals surface area (Å²) < 4.78 is 0. The van der Waals surface area contributed by atoms with Gasteiger partial charge in [0, 0.05) is 14.1 Å². The minimum atomic E-state index is -0.817. The zero-order valence-corrected chi connectivity index (χ0v) is 14.2. The second kappa shape index (κ2) is 6.94. The zero-order valence-electron chi connectivity index (χ0n) is 14.2. The smallest absolute Gasteiger partial charge is 0.273 e. The maximum atomic E-state index is 12.3. The topological polar surface area (TPSA) is 57.7 Å². The third-order valence-electron chi connectivity index (χ3n) is 4.36. The number of nitrogens with zero attached hydrogens (tertiary/aromatic N) is 2. The van der Waals surface area contributed by atoms with E-state index in [2.05, 4.69) is 13.8 Å². The van der Waals surface area contributed by atoms with Crippen molar-refractivity contribution in [1.82, 2.24) is 9.80 Å². The van der Waals surface area contributed by atoms with Gasteiger partial charge in [-0.25, -0.2) is 4.79 Å². The predicted octanol–water partition coefficient (Wildman–Crippen LogP) is 2.48. The molecule has 2 rings (SSSR count). The number of carbonyl (C=O) groups is 3. The summed E-state index contributed by atoms with van der Waals surface area (Å²) in [5.41, 5.74) is 2.18. The van der Waals surface area contributed by atoms with Gasteiger partial charge < -0.3 is 0 Å². The minimum Gasteiger partial charge on any atom is -0.273 e. The number of amides is 4. The van der Waals surface area contributed by atoms with Crippen molar-refractivity contribution in [2.45, 2.75) is 33.1 Å². The van der Waals surface area contributed by atoms with Crippen LogP contribution in [0.25, 0.3) is 0 Å². The van der Waals surface area contributed by atoms with Crippen molar-refractivity contribution in [2.75, 3.05) is 14.1 Å². The molecule has 0 spiro atoms. The van der Waals surface area contributed by atoms with E-state index in [1.54, 1.807) is 0 Å². The molecule has 1 aliphatic rings. The number of aryl methyl sites for hydroxylation is 1. The molecule has 1 aromatic carbocycles. The molecule has 0 radical (unpaired) electrons. The number of barbiturate groups is 1. The summed E-state index contributed by atoms with van der Waals surface area (Å²) in [6.07, 6.45) is 2.32. The Morgan fingerprint density at radius 3 is 2.00 bits per heavy atom. The highest BCUT2D eigenvalue weighted by Gasteiger charge is 2.42. The lowest BCUT2D eigenvalue weighted by Gasteiger charge is -2.33. The lowest BCUT2D eigenvalue weighted by molar-refractivity contribution is -0.147. The molecule has 0 saturated carbocycles. The van der Waals surface area contributed by atoms with Crippen LogP contribution >= 0.6 is 0 Å². The largest absolute Gasteiger partial charge is 0.332 e. The van der Waals surface area contributed by atoms with Gasteiger partial charge in [-0.3, -0.25) is 19.4 Å². The molecule has 124 valence electrons. The molecule has 1 aliphatic heterocycles. The Balaban J connectivity index is 2.22. The molecule has 1 fully saturated rings. The molecule has 0 aliphatic carbocycles. The second-order valence-corrected chi connectivity index (χ2v) is 6.54. The van der Waals surface area contributed by atoms with E-state index in [4.69, 9.17) is 0 Å². The van der Waals surface area contributed by atoms with Gasteiger partial charge in [0.25, 0.3) is 0 Å². The summed E-state index contributed by atoms with van der Waals surface area (Å²) in [5, 5.41) is 0. The van der Waals surface area contributed by atoms with E-state index in [0.29, 0.717) is 12.3 Å². The Morgan fingerprint density at radius 2 is 1.48 bits per heavy atom. The number of imide groups is 2. The number of hydrogen-bond acceptors (Lipinski definition) is 3. The van der Waals surface area contributed by atoms with Crippen LogP contribution in [0.5, 0.6) is 0 Å². The Labute approximate surface area is 137 Å². The highest BCUT2D eigenvalue weighted by Crippen LogP contribution is 2.23. The van der Waals surface area contributed by atoms with Gasteiger partial charge in [0.2, 0.25) is 11.8 Å². The average Bonchev–Trinajstić information content (AvgIpc) is 2.54. The van der Waals surface area contributed by atoms with E-state index >= 15 is 0 Å². The number of carbonyl (C=O) groups excluding carboxylic acids is 3. The first kappa shape index (κ1) is 17.2. The molecule has 5 heteroatoms. The summed E-state index contributed by atoms with van der Waals surface area (Å²) in [6.45, 7) is 4.35. The summed E-state index contributed by atoms with van der Waals surface area (Å²) in [6, 6.07) is 7.35. The number of hydrogen-bond donors (Lipinski definition) is 0. The van der Waals surface area contributed by atoms with Crippen molar-refractivity contribution < 1.29 is 14.4 Å². The number of benzene rings is 1. The van der Waals surface area contributed by atoms with Crippen LogP contribution in [-0.4, -0.2) is 41.7 Å². The maximum Gasteiger partial charge on any atom is 0.332 e. The van der Waals surface area contributed by atoms with Crippen LogP contribution < -0.4 is 0 Å². The first-order valence-corrected chi connectivity index (χ1v) is 7.98. The summed E-state index contributed by atoms with van der Waals surface area (Å²) in [4.78, 5) is 38.5. The van der Waals surface area contributed by atoms with Gasteiger partial charge >= 0.3 is 6.03 Å². The van der Waals surface area contributed by atoms with Crippen molar-refractivity contribution in [3.05, 3.63) is 35.4 Å². The van der Waals surface area contributed by atoms with Gasteiger partial charge in [0.05, 0.1) is 0 Å². The number of rotatable bonds is 5. The highest BCUT2D eigenvalue weighted by atomic mass is 16.2. The van der Waals surface area contributed by atoms with Gasteiger partial charge in [-0.1, -0.05) is 38.1 Å². The molecule has 4 amide bonds.